The van der Waals surface area contributed by atoms with Gasteiger partial charge in [-0.3, -0.25) is 9.69 Å². The molecule has 0 bridgehead atoms. The number of aromatic nitrogens is 2. The molecule has 2 fully saturated rings. The average molecular weight is 305 g/mol. The summed E-state index contributed by atoms with van der Waals surface area (Å²) in [4.78, 5) is 12.7. The maximum atomic E-state index is 12.9. The number of carbonyl (C=O) groups is 1. The van der Waals surface area contributed by atoms with Gasteiger partial charge in [0.05, 0.1) is 6.54 Å². The first-order valence-electron chi connectivity index (χ1n) is 6.14. The normalized spacial score (nSPS) is 27.4. The number of rotatable bonds is 3. The summed E-state index contributed by atoms with van der Waals surface area (Å²) < 4.78 is 45.3. The van der Waals surface area contributed by atoms with Gasteiger partial charge >= 0.3 is 16.2 Å². The van der Waals surface area contributed by atoms with Crippen molar-refractivity contribution in [1.29, 1.82) is 0 Å². The maximum Gasteiger partial charge on any atom is 0.325 e. The van der Waals surface area contributed by atoms with E-state index < -0.39 is 27.8 Å². The van der Waals surface area contributed by atoms with Gasteiger partial charge in [-0.15, -0.1) is 8.98 Å². The highest BCUT2D eigenvalue weighted by atomic mass is 32.3. The van der Waals surface area contributed by atoms with Crippen LogP contribution in [0, 0.1) is 0 Å². The fourth-order valence-electron chi connectivity index (χ4n) is 2.29. The molecule has 110 valence electrons. The first kappa shape index (κ1) is 13.4. The standard InChI is InChI=1S/C10H12FN3O5S/c11-20(16,17)6-4-8(15)14(5-6)10-13-12-9(19-10)7-2-1-3-18-7/h6-7H,1-5H2. The third-order valence-electron chi connectivity index (χ3n) is 3.35. The molecular weight excluding hydrogens is 293 g/mol. The van der Waals surface area contributed by atoms with E-state index in [0.29, 0.717) is 6.61 Å². The minimum atomic E-state index is -4.76. The average Bonchev–Trinajstić information content (AvgIpc) is 3.06. The van der Waals surface area contributed by atoms with Gasteiger partial charge in [0.2, 0.25) is 11.8 Å². The second-order valence-electron chi connectivity index (χ2n) is 4.73. The van der Waals surface area contributed by atoms with Crippen LogP contribution < -0.4 is 4.90 Å². The van der Waals surface area contributed by atoms with Crippen molar-refractivity contribution < 1.29 is 26.3 Å². The van der Waals surface area contributed by atoms with E-state index in [9.17, 15) is 17.1 Å². The van der Waals surface area contributed by atoms with E-state index in [0.717, 1.165) is 17.7 Å². The largest absolute Gasteiger partial charge is 0.405 e. The van der Waals surface area contributed by atoms with Gasteiger partial charge in [0, 0.05) is 13.0 Å². The third kappa shape index (κ3) is 2.40. The van der Waals surface area contributed by atoms with E-state index in [1.54, 1.807) is 0 Å². The summed E-state index contributed by atoms with van der Waals surface area (Å²) in [7, 11) is -4.76. The minimum absolute atomic E-state index is 0.119. The van der Waals surface area contributed by atoms with E-state index >= 15 is 0 Å². The van der Waals surface area contributed by atoms with Crippen LogP contribution in [-0.4, -0.2) is 42.9 Å². The van der Waals surface area contributed by atoms with Gasteiger partial charge in [-0.25, -0.2) is 0 Å². The van der Waals surface area contributed by atoms with Crippen LogP contribution in [0.2, 0.25) is 0 Å². The molecule has 1 aromatic heterocycles. The van der Waals surface area contributed by atoms with Crippen molar-refractivity contribution in [3.05, 3.63) is 5.89 Å². The summed E-state index contributed by atoms with van der Waals surface area (Å²) in [6.07, 6.45) is 0.912. The lowest BCUT2D eigenvalue weighted by atomic mass is 10.2. The maximum absolute atomic E-state index is 12.9. The lowest BCUT2D eigenvalue weighted by molar-refractivity contribution is -0.117. The molecule has 3 rings (SSSR count). The van der Waals surface area contributed by atoms with Gasteiger partial charge in [0.1, 0.15) is 11.4 Å². The van der Waals surface area contributed by atoms with E-state index in [-0.39, 0.29) is 24.6 Å². The number of carbonyl (C=O) groups excluding carboxylic acids is 1. The van der Waals surface area contributed by atoms with Crippen LogP contribution in [0.3, 0.4) is 0 Å². The molecular formula is C10H12FN3O5S. The highest BCUT2D eigenvalue weighted by molar-refractivity contribution is 7.87. The molecule has 0 aliphatic carbocycles. The lowest BCUT2D eigenvalue weighted by Crippen LogP contribution is -2.27. The fourth-order valence-corrected chi connectivity index (χ4v) is 2.96. The van der Waals surface area contributed by atoms with Crippen molar-refractivity contribution in [2.45, 2.75) is 30.6 Å². The van der Waals surface area contributed by atoms with Gasteiger partial charge in [-0.2, -0.15) is 8.42 Å². The molecule has 2 unspecified atom stereocenters. The second kappa shape index (κ2) is 4.77. The van der Waals surface area contributed by atoms with Crippen LogP contribution >= 0.6 is 0 Å². The molecule has 2 aliphatic rings. The number of hydrogen-bond donors (Lipinski definition) is 0. The van der Waals surface area contributed by atoms with E-state index in [2.05, 4.69) is 10.2 Å². The molecule has 2 aliphatic heterocycles. The predicted octanol–water partition coefficient (Wildman–Crippen LogP) is 0.326. The summed E-state index contributed by atoms with van der Waals surface area (Å²) in [6, 6.07) is -0.119. The minimum Gasteiger partial charge on any atom is -0.405 e. The van der Waals surface area contributed by atoms with Gasteiger partial charge < -0.3 is 9.15 Å². The Morgan fingerprint density at radius 3 is 2.75 bits per heavy atom. The zero-order valence-electron chi connectivity index (χ0n) is 10.4. The number of halogens is 1. The molecule has 3 heterocycles. The number of ether oxygens (including phenoxy) is 1. The highest BCUT2D eigenvalue weighted by Gasteiger charge is 2.41. The summed E-state index contributed by atoms with van der Waals surface area (Å²) >= 11 is 0. The Morgan fingerprint density at radius 1 is 1.35 bits per heavy atom. The summed E-state index contributed by atoms with van der Waals surface area (Å²) in [5.74, 6) is -0.310. The Hall–Kier alpha value is -1.55. The summed E-state index contributed by atoms with van der Waals surface area (Å²) in [5.41, 5.74) is 0. The Morgan fingerprint density at radius 2 is 2.15 bits per heavy atom. The SMILES string of the molecule is O=C1CC(S(=O)(=O)F)CN1c1nnc(C2CCCO2)o1. The zero-order chi connectivity index (χ0) is 14.3. The molecule has 2 saturated heterocycles. The van der Waals surface area contributed by atoms with Crippen LogP contribution in [-0.2, 0) is 19.8 Å². The van der Waals surface area contributed by atoms with E-state index in [1.807, 2.05) is 0 Å². The van der Waals surface area contributed by atoms with Crippen LogP contribution in [0.25, 0.3) is 0 Å². The molecule has 2 atom stereocenters. The molecule has 1 amide bonds. The Bertz CT molecular complexity index is 625. The molecule has 0 spiro atoms. The van der Waals surface area contributed by atoms with Crippen molar-refractivity contribution in [1.82, 2.24) is 10.2 Å². The fraction of sp³-hybridized carbons (Fsp3) is 0.700. The zero-order valence-corrected chi connectivity index (χ0v) is 11.2. The van der Waals surface area contributed by atoms with Gasteiger partial charge in [0.25, 0.3) is 0 Å². The predicted molar refractivity (Wildman–Crippen MR) is 63.0 cm³/mol. The number of anilines is 1. The number of hydrogen-bond acceptors (Lipinski definition) is 7. The van der Waals surface area contributed by atoms with Gasteiger partial charge in [-0.05, 0) is 12.8 Å². The van der Waals surface area contributed by atoms with Crippen molar-refractivity contribution in [2.24, 2.45) is 0 Å². The van der Waals surface area contributed by atoms with Gasteiger partial charge in [-0.1, -0.05) is 5.10 Å². The van der Waals surface area contributed by atoms with Crippen LogP contribution in [0.1, 0.15) is 31.3 Å². The van der Waals surface area contributed by atoms with Crippen LogP contribution in [0.15, 0.2) is 4.42 Å². The van der Waals surface area contributed by atoms with Crippen LogP contribution in [0.4, 0.5) is 9.90 Å². The van der Waals surface area contributed by atoms with Crippen molar-refractivity contribution in [2.75, 3.05) is 18.1 Å². The highest BCUT2D eigenvalue weighted by Crippen LogP contribution is 2.31. The number of nitrogens with zero attached hydrogens (tertiary/aromatic N) is 3. The van der Waals surface area contributed by atoms with E-state index in [4.69, 9.17) is 9.15 Å². The molecule has 0 saturated carbocycles. The third-order valence-corrected chi connectivity index (χ3v) is 4.47. The van der Waals surface area contributed by atoms with Crippen LogP contribution in [0.5, 0.6) is 0 Å². The second-order valence-corrected chi connectivity index (χ2v) is 6.35. The molecule has 1 aromatic rings. The molecule has 10 heteroatoms. The molecule has 8 nitrogen and oxygen atoms in total. The molecule has 0 aromatic carbocycles. The number of amides is 1. The topological polar surface area (TPSA) is 103 Å². The van der Waals surface area contributed by atoms with Gasteiger partial charge in [0.15, 0.2) is 0 Å². The smallest absolute Gasteiger partial charge is 0.325 e. The molecule has 20 heavy (non-hydrogen) atoms. The first-order chi connectivity index (χ1) is 9.45. The Balaban J connectivity index is 1.78. The Kier molecular flexibility index (Phi) is 3.21. The van der Waals surface area contributed by atoms with E-state index in [1.165, 1.54) is 0 Å². The lowest BCUT2D eigenvalue weighted by Gasteiger charge is -2.09. The quantitative estimate of drug-likeness (QED) is 0.741. The summed E-state index contributed by atoms with van der Waals surface area (Å²) in [5, 5.41) is 6.11. The Labute approximate surface area is 114 Å². The molecule has 0 radical (unpaired) electrons. The van der Waals surface area contributed by atoms with Crippen molar-refractivity contribution >= 4 is 22.1 Å². The van der Waals surface area contributed by atoms with Crippen molar-refractivity contribution in [3.8, 4) is 0 Å². The first-order valence-corrected chi connectivity index (χ1v) is 7.58. The molecule has 0 N–H and O–H groups in total. The summed E-state index contributed by atoms with van der Waals surface area (Å²) in [6.45, 7) is 0.290. The van der Waals surface area contributed by atoms with Crippen molar-refractivity contribution in [3.63, 3.8) is 0 Å². The monoisotopic (exact) mass is 305 g/mol.